The fourth-order valence-electron chi connectivity index (χ4n) is 4.55. The first-order valence-corrected chi connectivity index (χ1v) is 15.5. The summed E-state index contributed by atoms with van der Waals surface area (Å²) in [6, 6.07) is 7.61. The molecule has 180 valence electrons. The number of hydrogen-bond acceptors (Lipinski definition) is 5. The van der Waals surface area contributed by atoms with E-state index in [1.165, 1.54) is 62.7 Å². The number of aromatic nitrogens is 1. The van der Waals surface area contributed by atoms with E-state index in [1.54, 1.807) is 0 Å². The summed E-state index contributed by atoms with van der Waals surface area (Å²) in [4.78, 5) is 4.33. The van der Waals surface area contributed by atoms with E-state index in [4.69, 9.17) is 0 Å². The average Bonchev–Trinajstić information content (AvgIpc) is 3.20. The van der Waals surface area contributed by atoms with Crippen molar-refractivity contribution in [2.45, 2.75) is 118 Å². The molecule has 1 N–H and O–H groups in total. The molecule has 0 unspecified atom stereocenters. The van der Waals surface area contributed by atoms with Crippen LogP contribution < -0.4 is 4.72 Å². The van der Waals surface area contributed by atoms with E-state index in [2.05, 4.69) is 42.2 Å². The molecule has 0 bridgehead atoms. The van der Waals surface area contributed by atoms with E-state index in [9.17, 15) is 8.42 Å². The number of thioether (sulfide) groups is 1. The summed E-state index contributed by atoms with van der Waals surface area (Å²) in [6.45, 7) is 7.04. The van der Waals surface area contributed by atoms with Gasteiger partial charge in [-0.15, -0.1) is 11.3 Å². The molecule has 1 aliphatic rings. The van der Waals surface area contributed by atoms with Crippen LogP contribution in [0.4, 0.5) is 0 Å². The van der Waals surface area contributed by atoms with Gasteiger partial charge in [-0.1, -0.05) is 77.8 Å². The molecule has 0 spiro atoms. The smallest absolute Gasteiger partial charge is 0.224 e. The molecule has 1 heterocycles. The van der Waals surface area contributed by atoms with Gasteiger partial charge in [0.05, 0.1) is 10.2 Å². The van der Waals surface area contributed by atoms with Gasteiger partial charge in [0.1, 0.15) is 0 Å². The van der Waals surface area contributed by atoms with Gasteiger partial charge >= 0.3 is 0 Å². The number of nitrogens with zero attached hydrogens (tertiary/aromatic N) is 1. The molecule has 2 aromatic rings. The van der Waals surface area contributed by atoms with Gasteiger partial charge in [0, 0.05) is 16.0 Å². The summed E-state index contributed by atoms with van der Waals surface area (Å²) in [5.74, 6) is 0. The highest BCUT2D eigenvalue weighted by Crippen LogP contribution is 2.40. The molecule has 1 aromatic heterocycles. The van der Waals surface area contributed by atoms with Crippen molar-refractivity contribution in [3.63, 3.8) is 0 Å². The zero-order valence-electron chi connectivity index (χ0n) is 19.9. The minimum atomic E-state index is -3.55. The number of benzene rings is 1. The van der Waals surface area contributed by atoms with E-state index in [1.807, 2.05) is 24.3 Å². The molecule has 0 saturated heterocycles. The lowest BCUT2D eigenvalue weighted by atomic mass is 9.96. The second kappa shape index (κ2) is 12.2. The Morgan fingerprint density at radius 1 is 1.03 bits per heavy atom. The Kier molecular flexibility index (Phi) is 9.89. The maximum Gasteiger partial charge on any atom is 0.268 e. The maximum absolute atomic E-state index is 12.8. The van der Waals surface area contributed by atoms with Gasteiger partial charge in [0.2, 0.25) is 4.34 Å². The molecular formula is C25H40N2O2S3. The molecule has 1 fully saturated rings. The first-order chi connectivity index (χ1) is 15.3. The monoisotopic (exact) mass is 496 g/mol. The van der Waals surface area contributed by atoms with Crippen molar-refractivity contribution < 1.29 is 8.42 Å². The Morgan fingerprint density at radius 2 is 1.69 bits per heavy atom. The topological polar surface area (TPSA) is 59.1 Å². The zero-order chi connectivity index (χ0) is 23.0. The molecule has 0 radical (unpaired) electrons. The van der Waals surface area contributed by atoms with E-state index in [0.717, 1.165) is 35.9 Å². The molecule has 1 saturated carbocycles. The average molecular weight is 497 g/mol. The minimum absolute atomic E-state index is 0.0232. The van der Waals surface area contributed by atoms with E-state index in [-0.39, 0.29) is 10.4 Å². The number of para-hydroxylation sites is 1. The van der Waals surface area contributed by atoms with Gasteiger partial charge < -0.3 is 0 Å². The molecule has 1 aliphatic carbocycles. The van der Waals surface area contributed by atoms with Crippen LogP contribution >= 0.6 is 23.1 Å². The van der Waals surface area contributed by atoms with Crippen LogP contribution in [-0.2, 0) is 10.0 Å². The summed E-state index contributed by atoms with van der Waals surface area (Å²) >= 11 is 3.38. The Balaban J connectivity index is 1.39. The number of fused-ring (bicyclic) bond motifs is 1. The molecule has 0 atom stereocenters. The summed E-state index contributed by atoms with van der Waals surface area (Å²) in [5.41, 5.74) is 0.751. The lowest BCUT2D eigenvalue weighted by Crippen LogP contribution is -2.38. The molecule has 7 heteroatoms. The third-order valence-corrected chi connectivity index (χ3v) is 10.9. The lowest BCUT2D eigenvalue weighted by molar-refractivity contribution is 0.417. The van der Waals surface area contributed by atoms with Gasteiger partial charge in [-0.2, -0.15) is 11.8 Å². The van der Waals surface area contributed by atoms with Crippen LogP contribution in [0.3, 0.4) is 0 Å². The van der Waals surface area contributed by atoms with Crippen LogP contribution in [0, 0.1) is 0 Å². The summed E-state index contributed by atoms with van der Waals surface area (Å²) < 4.78 is 30.0. The van der Waals surface area contributed by atoms with Crippen LogP contribution in [0.25, 0.3) is 10.2 Å². The second-order valence-electron chi connectivity index (χ2n) is 9.79. The minimum Gasteiger partial charge on any atom is -0.224 e. The molecule has 0 amide bonds. The van der Waals surface area contributed by atoms with Crippen LogP contribution in [-0.4, -0.2) is 29.4 Å². The zero-order valence-corrected chi connectivity index (χ0v) is 22.4. The van der Waals surface area contributed by atoms with Crippen molar-refractivity contribution in [2.24, 2.45) is 0 Å². The number of rotatable bonds is 13. The fraction of sp³-hybridized carbons (Fsp3) is 0.720. The Bertz CT molecular complexity index is 899. The number of thiazole rings is 1. The van der Waals surface area contributed by atoms with Gasteiger partial charge in [-0.25, -0.2) is 18.1 Å². The standard InChI is InChI=1S/C25H40N2O2S3/c1-4-5-6-7-8-9-12-19-25(2,3)31-21-17-15-20(16-18-21)27-32(28,29)24-26-22-13-10-11-14-23(22)30-24/h10-11,13-14,20-21,27H,4-9,12,15-19H2,1-3H3. The third kappa shape index (κ3) is 8.00. The van der Waals surface area contributed by atoms with Gasteiger partial charge in [-0.3, -0.25) is 0 Å². The van der Waals surface area contributed by atoms with E-state index >= 15 is 0 Å². The first kappa shape index (κ1) is 26.0. The van der Waals surface area contributed by atoms with Crippen molar-refractivity contribution in [2.75, 3.05) is 0 Å². The lowest BCUT2D eigenvalue weighted by Gasteiger charge is -2.34. The first-order valence-electron chi connectivity index (χ1n) is 12.3. The highest BCUT2D eigenvalue weighted by Gasteiger charge is 2.30. The second-order valence-corrected chi connectivity index (χ2v) is 14.7. The molecule has 4 nitrogen and oxygen atoms in total. The SMILES string of the molecule is CCCCCCCCCC(C)(C)SC1CCC(NS(=O)(=O)c2nc3ccccc3s2)CC1. The van der Waals surface area contributed by atoms with Gasteiger partial charge in [-0.05, 0) is 44.2 Å². The van der Waals surface area contributed by atoms with Crippen LogP contribution in [0.15, 0.2) is 28.6 Å². The molecule has 1 aromatic carbocycles. The number of sulfonamides is 1. The fourth-order valence-corrected chi connectivity index (χ4v) is 8.77. The van der Waals surface area contributed by atoms with Gasteiger partial charge in [0.25, 0.3) is 10.0 Å². The third-order valence-electron chi connectivity index (χ3n) is 6.37. The summed E-state index contributed by atoms with van der Waals surface area (Å²) in [5, 5.41) is 0.637. The van der Waals surface area contributed by atoms with E-state index in [0.29, 0.717) is 10.00 Å². The van der Waals surface area contributed by atoms with Gasteiger partial charge in [0.15, 0.2) is 0 Å². The van der Waals surface area contributed by atoms with Crippen molar-refractivity contribution in [1.82, 2.24) is 9.71 Å². The maximum atomic E-state index is 12.8. The Morgan fingerprint density at radius 3 is 2.38 bits per heavy atom. The Labute approximate surface area is 203 Å². The van der Waals surface area contributed by atoms with E-state index < -0.39 is 10.0 Å². The summed E-state index contributed by atoms with van der Waals surface area (Å²) in [7, 11) is -3.55. The predicted molar refractivity (Wildman–Crippen MR) is 140 cm³/mol. The van der Waals surface area contributed by atoms with Crippen molar-refractivity contribution in [3.8, 4) is 0 Å². The quantitative estimate of drug-likeness (QED) is 0.291. The number of unbranched alkanes of at least 4 members (excludes halogenated alkanes) is 6. The Hall–Kier alpha value is -0.630. The van der Waals surface area contributed by atoms with Crippen LogP contribution in [0.1, 0.15) is 97.8 Å². The molecule has 3 rings (SSSR count). The normalized spacial score (nSPS) is 20.1. The highest BCUT2D eigenvalue weighted by molar-refractivity contribution is 8.01. The van der Waals surface area contributed by atoms with Crippen molar-refractivity contribution >= 4 is 43.3 Å². The largest absolute Gasteiger partial charge is 0.268 e. The molecule has 0 aliphatic heterocycles. The van der Waals surface area contributed by atoms with Crippen LogP contribution in [0.2, 0.25) is 0 Å². The molecular weight excluding hydrogens is 456 g/mol. The summed E-state index contributed by atoms with van der Waals surface area (Å²) in [6.07, 6.45) is 14.8. The van der Waals surface area contributed by atoms with Crippen molar-refractivity contribution in [3.05, 3.63) is 24.3 Å². The van der Waals surface area contributed by atoms with Crippen molar-refractivity contribution in [1.29, 1.82) is 0 Å². The predicted octanol–water partition coefficient (Wildman–Crippen LogP) is 7.54. The highest BCUT2D eigenvalue weighted by atomic mass is 32.2. The number of hydrogen-bond donors (Lipinski definition) is 1. The number of nitrogens with one attached hydrogen (secondary N) is 1. The van der Waals surface area contributed by atoms with Crippen LogP contribution in [0.5, 0.6) is 0 Å². The molecule has 32 heavy (non-hydrogen) atoms.